The summed E-state index contributed by atoms with van der Waals surface area (Å²) in [6, 6.07) is 7.55. The number of urea groups is 1. The van der Waals surface area contributed by atoms with Gasteiger partial charge in [0.25, 0.3) is 0 Å². The van der Waals surface area contributed by atoms with E-state index in [0.29, 0.717) is 13.1 Å². The summed E-state index contributed by atoms with van der Waals surface area (Å²) >= 11 is 0. The van der Waals surface area contributed by atoms with Gasteiger partial charge in [-0.15, -0.1) is 0 Å². The predicted molar refractivity (Wildman–Crippen MR) is 73.5 cm³/mol. The molecule has 1 rings (SSSR count). The van der Waals surface area contributed by atoms with Crippen molar-refractivity contribution in [2.24, 2.45) is 0 Å². The molecule has 0 aliphatic heterocycles. The van der Waals surface area contributed by atoms with Crippen molar-refractivity contribution in [2.45, 2.75) is 13.8 Å². The van der Waals surface area contributed by atoms with Crippen molar-refractivity contribution in [1.29, 1.82) is 0 Å². The number of hydrogen-bond acceptors (Lipinski definition) is 2. The summed E-state index contributed by atoms with van der Waals surface area (Å²) < 4.78 is 5.22. The molecule has 0 aliphatic rings. The Labute approximate surface area is 108 Å². The SMILES string of the molecule is CCN(CC)C(=O)N/C=C/c1ccccc1OC. The summed E-state index contributed by atoms with van der Waals surface area (Å²) in [5.74, 6) is 0.783. The Balaban J connectivity index is 2.62. The van der Waals surface area contributed by atoms with E-state index in [1.165, 1.54) is 0 Å². The number of para-hydroxylation sites is 1. The van der Waals surface area contributed by atoms with Gasteiger partial charge in [-0.05, 0) is 26.0 Å². The van der Waals surface area contributed by atoms with E-state index in [1.54, 1.807) is 18.2 Å². The Morgan fingerprint density at radius 3 is 2.61 bits per heavy atom. The number of nitrogens with zero attached hydrogens (tertiary/aromatic N) is 1. The summed E-state index contributed by atoms with van der Waals surface area (Å²) in [5.41, 5.74) is 0.930. The van der Waals surface area contributed by atoms with Gasteiger partial charge in [0.2, 0.25) is 0 Å². The van der Waals surface area contributed by atoms with Crippen LogP contribution in [0.25, 0.3) is 6.08 Å². The molecule has 0 unspecified atom stereocenters. The van der Waals surface area contributed by atoms with Crippen molar-refractivity contribution >= 4 is 12.1 Å². The number of amides is 2. The molecule has 2 amide bonds. The van der Waals surface area contributed by atoms with Crippen molar-refractivity contribution in [1.82, 2.24) is 10.2 Å². The monoisotopic (exact) mass is 248 g/mol. The highest BCUT2D eigenvalue weighted by molar-refractivity contribution is 5.76. The Hall–Kier alpha value is -1.97. The topological polar surface area (TPSA) is 41.6 Å². The Morgan fingerprint density at radius 1 is 1.33 bits per heavy atom. The van der Waals surface area contributed by atoms with E-state index in [2.05, 4.69) is 5.32 Å². The Morgan fingerprint density at radius 2 is 2.00 bits per heavy atom. The van der Waals surface area contributed by atoms with Gasteiger partial charge in [-0.2, -0.15) is 0 Å². The molecule has 4 nitrogen and oxygen atoms in total. The van der Waals surface area contributed by atoms with Crippen molar-refractivity contribution in [2.75, 3.05) is 20.2 Å². The summed E-state index contributed by atoms with van der Waals surface area (Å²) in [4.78, 5) is 13.4. The third kappa shape index (κ3) is 3.80. The first-order valence-corrected chi connectivity index (χ1v) is 6.07. The van der Waals surface area contributed by atoms with Crippen molar-refractivity contribution < 1.29 is 9.53 Å². The lowest BCUT2D eigenvalue weighted by Gasteiger charge is -2.17. The smallest absolute Gasteiger partial charge is 0.321 e. The highest BCUT2D eigenvalue weighted by atomic mass is 16.5. The van der Waals surface area contributed by atoms with Gasteiger partial charge >= 0.3 is 6.03 Å². The second-order valence-corrected chi connectivity index (χ2v) is 3.70. The molecule has 0 aromatic heterocycles. The third-order valence-corrected chi connectivity index (χ3v) is 2.66. The van der Waals surface area contributed by atoms with E-state index in [-0.39, 0.29) is 6.03 Å². The highest BCUT2D eigenvalue weighted by Crippen LogP contribution is 2.18. The molecule has 0 heterocycles. The van der Waals surface area contributed by atoms with Crippen LogP contribution in [0.4, 0.5) is 4.79 Å². The van der Waals surface area contributed by atoms with Crippen LogP contribution in [0.15, 0.2) is 30.5 Å². The quantitative estimate of drug-likeness (QED) is 0.870. The Kier molecular flexibility index (Phi) is 5.77. The second-order valence-electron chi connectivity index (χ2n) is 3.70. The van der Waals surface area contributed by atoms with Gasteiger partial charge in [-0.25, -0.2) is 4.79 Å². The fourth-order valence-corrected chi connectivity index (χ4v) is 1.61. The van der Waals surface area contributed by atoms with E-state index in [4.69, 9.17) is 4.74 Å². The van der Waals surface area contributed by atoms with Crippen LogP contribution < -0.4 is 10.1 Å². The molecular formula is C14H20N2O2. The maximum Gasteiger partial charge on any atom is 0.321 e. The van der Waals surface area contributed by atoms with E-state index in [9.17, 15) is 4.79 Å². The lowest BCUT2D eigenvalue weighted by atomic mass is 10.2. The van der Waals surface area contributed by atoms with Gasteiger partial charge in [0, 0.05) is 24.9 Å². The zero-order chi connectivity index (χ0) is 13.4. The number of hydrogen-bond donors (Lipinski definition) is 1. The maximum atomic E-state index is 11.7. The van der Waals surface area contributed by atoms with Crippen LogP contribution in [0.2, 0.25) is 0 Å². The van der Waals surface area contributed by atoms with Crippen molar-refractivity contribution in [3.05, 3.63) is 36.0 Å². The predicted octanol–water partition coefficient (Wildman–Crippen LogP) is 2.72. The van der Waals surface area contributed by atoms with Crippen LogP contribution in [0.5, 0.6) is 5.75 Å². The van der Waals surface area contributed by atoms with Crippen LogP contribution in [-0.2, 0) is 0 Å². The fraction of sp³-hybridized carbons (Fsp3) is 0.357. The fourth-order valence-electron chi connectivity index (χ4n) is 1.61. The number of carbonyl (C=O) groups is 1. The minimum Gasteiger partial charge on any atom is -0.496 e. The normalized spacial score (nSPS) is 10.4. The zero-order valence-corrected chi connectivity index (χ0v) is 11.1. The van der Waals surface area contributed by atoms with Crippen molar-refractivity contribution in [3.8, 4) is 5.75 Å². The Bertz CT molecular complexity index is 412. The van der Waals surface area contributed by atoms with Gasteiger partial charge in [0.1, 0.15) is 5.75 Å². The van der Waals surface area contributed by atoms with Gasteiger partial charge in [0.05, 0.1) is 7.11 Å². The molecule has 0 spiro atoms. The number of rotatable bonds is 5. The minimum absolute atomic E-state index is 0.0915. The van der Waals surface area contributed by atoms with Gasteiger partial charge in [0.15, 0.2) is 0 Å². The van der Waals surface area contributed by atoms with Crippen LogP contribution in [0.1, 0.15) is 19.4 Å². The molecule has 0 bridgehead atoms. The van der Waals surface area contributed by atoms with Crippen LogP contribution in [0.3, 0.4) is 0 Å². The summed E-state index contributed by atoms with van der Waals surface area (Å²) in [6.07, 6.45) is 3.46. The van der Waals surface area contributed by atoms with Gasteiger partial charge in [-0.3, -0.25) is 0 Å². The van der Waals surface area contributed by atoms with Crippen LogP contribution in [0, 0.1) is 0 Å². The third-order valence-electron chi connectivity index (χ3n) is 2.66. The molecular weight excluding hydrogens is 228 g/mol. The molecule has 18 heavy (non-hydrogen) atoms. The molecule has 1 aromatic carbocycles. The first-order chi connectivity index (χ1) is 8.72. The standard InChI is InChI=1S/C14H20N2O2/c1-4-16(5-2)14(17)15-11-10-12-8-6-7-9-13(12)18-3/h6-11H,4-5H2,1-3H3,(H,15,17)/b11-10+. The highest BCUT2D eigenvalue weighted by Gasteiger charge is 2.06. The summed E-state index contributed by atoms with van der Waals surface area (Å²) in [5, 5.41) is 2.74. The zero-order valence-electron chi connectivity index (χ0n) is 11.1. The van der Waals surface area contributed by atoms with E-state index in [1.807, 2.05) is 44.2 Å². The molecule has 0 radical (unpaired) electrons. The minimum atomic E-state index is -0.0915. The molecule has 0 saturated carbocycles. The molecule has 0 saturated heterocycles. The molecule has 98 valence electrons. The van der Waals surface area contributed by atoms with E-state index in [0.717, 1.165) is 11.3 Å². The molecule has 0 fully saturated rings. The first-order valence-electron chi connectivity index (χ1n) is 6.07. The largest absolute Gasteiger partial charge is 0.496 e. The first kappa shape index (κ1) is 14.1. The number of methoxy groups -OCH3 is 1. The molecule has 1 aromatic rings. The van der Waals surface area contributed by atoms with Gasteiger partial charge < -0.3 is 15.0 Å². The molecule has 0 aliphatic carbocycles. The number of ether oxygens (including phenoxy) is 1. The number of nitrogens with one attached hydrogen (secondary N) is 1. The molecule has 0 atom stereocenters. The van der Waals surface area contributed by atoms with Crippen LogP contribution in [-0.4, -0.2) is 31.1 Å². The lowest BCUT2D eigenvalue weighted by molar-refractivity contribution is 0.207. The summed E-state index contributed by atoms with van der Waals surface area (Å²) in [6.45, 7) is 5.30. The van der Waals surface area contributed by atoms with E-state index >= 15 is 0 Å². The second kappa shape index (κ2) is 7.37. The average molecular weight is 248 g/mol. The summed E-state index contributed by atoms with van der Waals surface area (Å²) in [7, 11) is 1.63. The van der Waals surface area contributed by atoms with E-state index < -0.39 is 0 Å². The maximum absolute atomic E-state index is 11.7. The average Bonchev–Trinajstić information content (AvgIpc) is 2.40. The number of benzene rings is 1. The van der Waals surface area contributed by atoms with Crippen molar-refractivity contribution in [3.63, 3.8) is 0 Å². The van der Waals surface area contributed by atoms with Gasteiger partial charge in [-0.1, -0.05) is 18.2 Å². The molecule has 1 N–H and O–H groups in total. The van der Waals surface area contributed by atoms with Crippen LogP contribution >= 0.6 is 0 Å². The lowest BCUT2D eigenvalue weighted by Crippen LogP contribution is -2.37. The molecule has 4 heteroatoms. The number of carbonyl (C=O) groups excluding carboxylic acids is 1.